The van der Waals surface area contributed by atoms with Gasteiger partial charge in [-0.25, -0.2) is 26.9 Å². The first-order valence-electron chi connectivity index (χ1n) is 10.3. The topological polar surface area (TPSA) is 32.6 Å². The third-order valence-corrected chi connectivity index (χ3v) is 5.69. The minimum absolute atomic E-state index is 0.0883. The van der Waals surface area contributed by atoms with E-state index in [1.807, 2.05) is 71.0 Å². The Morgan fingerprint density at radius 3 is 1.76 bits per heavy atom. The first-order chi connectivity index (χ1) is 15.3. The molecule has 0 saturated heterocycles. The van der Waals surface area contributed by atoms with Crippen molar-refractivity contribution >= 4 is 11.9 Å². The molecule has 0 atom stereocenters. The van der Waals surface area contributed by atoms with Crippen LogP contribution in [0.4, 0.5) is 27.6 Å². The molecule has 1 N–H and O–H groups in total. The van der Waals surface area contributed by atoms with E-state index in [2.05, 4.69) is 4.99 Å². The SMILES string of the molecule is CC(C)(C)c1cc(C=Nc2c(F)c(F)c(F)c(F)c2F)c(O)c(C(C)(C)c2ccccc2)c1. The fourth-order valence-electron chi connectivity index (χ4n) is 3.52. The van der Waals surface area contributed by atoms with Crippen molar-refractivity contribution in [2.75, 3.05) is 0 Å². The summed E-state index contributed by atoms with van der Waals surface area (Å²) in [5.74, 6) is -10.7. The highest BCUT2D eigenvalue weighted by atomic mass is 19.2. The van der Waals surface area contributed by atoms with Gasteiger partial charge in [-0.2, -0.15) is 0 Å². The molecule has 0 aliphatic rings. The standard InChI is InChI=1S/C26H24F5NO/c1-25(2,3)16-11-14(13-32-23-21(30)19(28)18(27)20(29)22(23)31)24(33)17(12-16)26(4,5)15-9-7-6-8-10-15/h6-13,33H,1-5H3. The fourth-order valence-corrected chi connectivity index (χ4v) is 3.52. The van der Waals surface area contributed by atoms with Crippen molar-refractivity contribution < 1.29 is 27.1 Å². The first-order valence-corrected chi connectivity index (χ1v) is 10.3. The van der Waals surface area contributed by atoms with Crippen LogP contribution in [0, 0.1) is 29.1 Å². The third-order valence-electron chi connectivity index (χ3n) is 5.69. The molecule has 0 saturated carbocycles. The van der Waals surface area contributed by atoms with Crippen LogP contribution in [0.5, 0.6) is 5.75 Å². The summed E-state index contributed by atoms with van der Waals surface area (Å²) < 4.78 is 68.6. The molecule has 174 valence electrons. The average Bonchev–Trinajstić information content (AvgIpc) is 2.77. The summed E-state index contributed by atoms with van der Waals surface area (Å²) in [5.41, 5.74) is -0.0456. The number of aromatic hydroxyl groups is 1. The molecule has 0 bridgehead atoms. The molecular formula is C26H24F5NO. The molecule has 0 radical (unpaired) electrons. The second-order valence-corrected chi connectivity index (χ2v) is 9.38. The highest BCUT2D eigenvalue weighted by Crippen LogP contribution is 2.41. The number of aliphatic imine (C=N–C) groups is 1. The molecule has 0 aromatic heterocycles. The molecular weight excluding hydrogens is 437 g/mol. The fraction of sp³-hybridized carbons (Fsp3) is 0.269. The van der Waals surface area contributed by atoms with Crippen molar-refractivity contribution in [2.45, 2.75) is 45.4 Å². The van der Waals surface area contributed by atoms with Gasteiger partial charge in [0.25, 0.3) is 0 Å². The smallest absolute Gasteiger partial charge is 0.200 e. The van der Waals surface area contributed by atoms with Crippen LogP contribution in [0.2, 0.25) is 0 Å². The van der Waals surface area contributed by atoms with Gasteiger partial charge in [0.2, 0.25) is 5.82 Å². The Kier molecular flexibility index (Phi) is 6.37. The molecule has 3 rings (SSSR count). The summed E-state index contributed by atoms with van der Waals surface area (Å²) in [4.78, 5) is 3.54. The quantitative estimate of drug-likeness (QED) is 0.186. The summed E-state index contributed by atoms with van der Waals surface area (Å²) in [6, 6.07) is 12.8. The normalized spacial score (nSPS) is 12.5. The van der Waals surface area contributed by atoms with Gasteiger partial charge in [-0.3, -0.25) is 0 Å². The summed E-state index contributed by atoms with van der Waals surface area (Å²) in [7, 11) is 0. The van der Waals surface area contributed by atoms with Crippen LogP contribution >= 0.6 is 0 Å². The lowest BCUT2D eigenvalue weighted by molar-refractivity contribution is 0.381. The molecule has 0 heterocycles. The van der Waals surface area contributed by atoms with Crippen molar-refractivity contribution in [2.24, 2.45) is 4.99 Å². The number of phenolic OH excluding ortho intramolecular Hbond substituents is 1. The Morgan fingerprint density at radius 1 is 0.727 bits per heavy atom. The van der Waals surface area contributed by atoms with E-state index in [0.29, 0.717) is 5.56 Å². The number of halogens is 5. The van der Waals surface area contributed by atoms with Gasteiger partial charge in [0.05, 0.1) is 0 Å². The Hall–Kier alpha value is -3.22. The second kappa shape index (κ2) is 8.61. The lowest BCUT2D eigenvalue weighted by atomic mass is 9.74. The summed E-state index contributed by atoms with van der Waals surface area (Å²) in [6.07, 6.45) is 0.910. The number of nitrogens with zero attached hydrogens (tertiary/aromatic N) is 1. The number of hydrogen-bond acceptors (Lipinski definition) is 2. The number of hydrogen-bond donors (Lipinski definition) is 1. The molecule has 7 heteroatoms. The van der Waals surface area contributed by atoms with Gasteiger partial charge in [-0.05, 0) is 22.6 Å². The predicted octanol–water partition coefficient (Wildman–Crippen LogP) is 7.46. The molecule has 2 nitrogen and oxygen atoms in total. The highest BCUT2D eigenvalue weighted by molar-refractivity contribution is 5.87. The first kappa shape index (κ1) is 24.4. The molecule has 0 aliphatic heterocycles. The van der Waals surface area contributed by atoms with Crippen LogP contribution in [0.3, 0.4) is 0 Å². The van der Waals surface area contributed by atoms with Crippen LogP contribution in [0.1, 0.15) is 56.9 Å². The summed E-state index contributed by atoms with van der Waals surface area (Å²) in [5, 5.41) is 11.1. The van der Waals surface area contributed by atoms with Gasteiger partial charge in [-0.15, -0.1) is 0 Å². The van der Waals surface area contributed by atoms with Crippen molar-refractivity contribution in [1.29, 1.82) is 0 Å². The van der Waals surface area contributed by atoms with Gasteiger partial charge >= 0.3 is 0 Å². The molecule has 0 amide bonds. The van der Waals surface area contributed by atoms with Crippen molar-refractivity contribution in [3.8, 4) is 5.75 Å². The average molecular weight is 461 g/mol. The molecule has 0 spiro atoms. The zero-order valence-corrected chi connectivity index (χ0v) is 18.9. The minimum atomic E-state index is -2.26. The second-order valence-electron chi connectivity index (χ2n) is 9.38. The molecule has 3 aromatic carbocycles. The minimum Gasteiger partial charge on any atom is -0.507 e. The van der Waals surface area contributed by atoms with E-state index in [4.69, 9.17) is 0 Å². The maximum atomic E-state index is 14.1. The number of rotatable bonds is 4. The molecule has 0 fully saturated rings. The molecule has 0 unspecified atom stereocenters. The van der Waals surface area contributed by atoms with Crippen LogP contribution in [-0.2, 0) is 10.8 Å². The molecule has 33 heavy (non-hydrogen) atoms. The van der Waals surface area contributed by atoms with Crippen molar-refractivity contribution in [3.05, 3.63) is 93.8 Å². The number of phenols is 1. The zero-order chi connectivity index (χ0) is 24.7. The van der Waals surface area contributed by atoms with Gasteiger partial charge < -0.3 is 5.11 Å². The van der Waals surface area contributed by atoms with E-state index in [9.17, 15) is 27.1 Å². The third kappa shape index (κ3) is 4.49. The lowest BCUT2D eigenvalue weighted by Gasteiger charge is -2.30. The van der Waals surface area contributed by atoms with E-state index < -0.39 is 40.2 Å². The van der Waals surface area contributed by atoms with E-state index in [-0.39, 0.29) is 16.7 Å². The van der Waals surface area contributed by atoms with E-state index in [1.165, 1.54) is 0 Å². The lowest BCUT2D eigenvalue weighted by Crippen LogP contribution is -2.21. The maximum Gasteiger partial charge on any atom is 0.200 e. The Labute approximate surface area is 189 Å². The summed E-state index contributed by atoms with van der Waals surface area (Å²) >= 11 is 0. The van der Waals surface area contributed by atoms with Crippen LogP contribution in [-0.4, -0.2) is 11.3 Å². The summed E-state index contributed by atoms with van der Waals surface area (Å²) in [6.45, 7) is 9.67. The predicted molar refractivity (Wildman–Crippen MR) is 119 cm³/mol. The monoisotopic (exact) mass is 461 g/mol. The molecule has 3 aromatic rings. The van der Waals surface area contributed by atoms with E-state index >= 15 is 0 Å². The largest absolute Gasteiger partial charge is 0.507 e. The van der Waals surface area contributed by atoms with Gasteiger partial charge in [0, 0.05) is 22.8 Å². The Bertz CT molecular complexity index is 1200. The van der Waals surface area contributed by atoms with Gasteiger partial charge in [-0.1, -0.05) is 71.0 Å². The van der Waals surface area contributed by atoms with Gasteiger partial charge in [0.1, 0.15) is 11.4 Å². The van der Waals surface area contributed by atoms with Crippen LogP contribution < -0.4 is 0 Å². The maximum absolute atomic E-state index is 14.1. The van der Waals surface area contributed by atoms with E-state index in [1.54, 1.807) is 6.07 Å². The van der Waals surface area contributed by atoms with Crippen LogP contribution in [0.15, 0.2) is 47.5 Å². The van der Waals surface area contributed by atoms with Crippen molar-refractivity contribution in [1.82, 2.24) is 0 Å². The highest BCUT2D eigenvalue weighted by Gasteiger charge is 2.30. The Morgan fingerprint density at radius 2 is 1.24 bits per heavy atom. The molecule has 0 aliphatic carbocycles. The van der Waals surface area contributed by atoms with Crippen LogP contribution in [0.25, 0.3) is 0 Å². The van der Waals surface area contributed by atoms with E-state index in [0.717, 1.165) is 17.3 Å². The van der Waals surface area contributed by atoms with Gasteiger partial charge in [0.15, 0.2) is 23.3 Å². The Balaban J connectivity index is 2.23. The zero-order valence-electron chi connectivity index (χ0n) is 18.9. The van der Waals surface area contributed by atoms with Crippen molar-refractivity contribution in [3.63, 3.8) is 0 Å². The number of benzene rings is 3.